The lowest BCUT2D eigenvalue weighted by Gasteiger charge is -2.08. The quantitative estimate of drug-likeness (QED) is 0.686. The average molecular weight is 287 g/mol. The normalized spacial score (nSPS) is 12.3. The molecule has 0 bridgehead atoms. The second-order valence-electron chi connectivity index (χ2n) is 4.35. The molecule has 18 heavy (non-hydrogen) atoms. The molecule has 1 atom stereocenters. The number of aliphatic hydroxyl groups is 1. The van der Waals surface area contributed by atoms with Gasteiger partial charge in [-0.3, -0.25) is 4.79 Å². The summed E-state index contributed by atoms with van der Waals surface area (Å²) in [6, 6.07) is 4.12. The number of carbonyl (C=O) groups excluding carboxylic acids is 1. The van der Waals surface area contributed by atoms with Gasteiger partial charge >= 0.3 is 0 Å². The molecule has 0 spiro atoms. The Hall–Kier alpha value is -0.520. The standard InChI is InChI=1S/C13H21NO2S2/c1-11(8-15)4-2-6-14-13(16)10-17-9-12-5-3-7-18-12/h3,5,7,11,15H,2,4,6,8-10H2,1H3,(H,14,16). The summed E-state index contributed by atoms with van der Waals surface area (Å²) >= 11 is 3.37. The zero-order chi connectivity index (χ0) is 13.2. The van der Waals surface area contributed by atoms with Crippen molar-refractivity contribution < 1.29 is 9.90 Å². The highest BCUT2D eigenvalue weighted by Crippen LogP contribution is 2.16. The van der Waals surface area contributed by atoms with Gasteiger partial charge in [0.15, 0.2) is 0 Å². The minimum atomic E-state index is 0.105. The zero-order valence-electron chi connectivity index (χ0n) is 10.7. The van der Waals surface area contributed by atoms with Gasteiger partial charge in [0.05, 0.1) is 5.75 Å². The number of carbonyl (C=O) groups is 1. The van der Waals surface area contributed by atoms with Gasteiger partial charge in [-0.15, -0.1) is 23.1 Å². The van der Waals surface area contributed by atoms with Crippen LogP contribution in [0.4, 0.5) is 0 Å². The number of rotatable bonds is 9. The van der Waals surface area contributed by atoms with E-state index in [1.54, 1.807) is 23.1 Å². The Bertz CT molecular complexity index is 328. The first-order valence-corrected chi connectivity index (χ1v) is 8.23. The lowest BCUT2D eigenvalue weighted by atomic mass is 10.1. The molecule has 102 valence electrons. The molecule has 0 aromatic carbocycles. The smallest absolute Gasteiger partial charge is 0.230 e. The maximum atomic E-state index is 11.5. The fourth-order valence-corrected chi connectivity index (χ4v) is 3.16. The highest BCUT2D eigenvalue weighted by molar-refractivity contribution is 7.99. The molecule has 0 aliphatic carbocycles. The monoisotopic (exact) mass is 287 g/mol. The fourth-order valence-electron chi connectivity index (χ4n) is 1.46. The maximum absolute atomic E-state index is 11.5. The molecule has 1 aromatic heterocycles. The summed E-state index contributed by atoms with van der Waals surface area (Å²) in [4.78, 5) is 12.8. The molecular weight excluding hydrogens is 266 g/mol. The highest BCUT2D eigenvalue weighted by atomic mass is 32.2. The van der Waals surface area contributed by atoms with Crippen LogP contribution in [0.25, 0.3) is 0 Å². The van der Waals surface area contributed by atoms with Gasteiger partial charge in [0, 0.05) is 23.8 Å². The van der Waals surface area contributed by atoms with Crippen molar-refractivity contribution >= 4 is 29.0 Å². The Kier molecular flexibility index (Phi) is 8.13. The van der Waals surface area contributed by atoms with Crippen molar-refractivity contribution in [3.8, 4) is 0 Å². The molecule has 1 amide bonds. The lowest BCUT2D eigenvalue weighted by molar-refractivity contribution is -0.118. The molecule has 0 radical (unpaired) electrons. The van der Waals surface area contributed by atoms with Crippen molar-refractivity contribution in [2.75, 3.05) is 18.9 Å². The van der Waals surface area contributed by atoms with Gasteiger partial charge in [0.1, 0.15) is 0 Å². The van der Waals surface area contributed by atoms with E-state index in [2.05, 4.69) is 16.8 Å². The molecule has 0 aliphatic heterocycles. The second kappa shape index (κ2) is 9.42. The number of nitrogens with one attached hydrogen (secondary N) is 1. The molecule has 2 N–H and O–H groups in total. The van der Waals surface area contributed by atoms with Gasteiger partial charge in [-0.05, 0) is 30.2 Å². The lowest BCUT2D eigenvalue weighted by Crippen LogP contribution is -2.26. The van der Waals surface area contributed by atoms with Crippen LogP contribution in [-0.2, 0) is 10.5 Å². The van der Waals surface area contributed by atoms with Crippen molar-refractivity contribution in [3.05, 3.63) is 22.4 Å². The molecule has 1 aromatic rings. The Morgan fingerprint density at radius 2 is 2.44 bits per heavy atom. The van der Waals surface area contributed by atoms with Crippen LogP contribution in [0.1, 0.15) is 24.6 Å². The third-order valence-electron chi connectivity index (χ3n) is 2.57. The van der Waals surface area contributed by atoms with Crippen LogP contribution in [0.15, 0.2) is 17.5 Å². The van der Waals surface area contributed by atoms with E-state index in [1.807, 2.05) is 13.0 Å². The Balaban J connectivity index is 1.97. The van der Waals surface area contributed by atoms with Crippen LogP contribution < -0.4 is 5.32 Å². The van der Waals surface area contributed by atoms with Crippen molar-refractivity contribution in [1.82, 2.24) is 5.32 Å². The summed E-state index contributed by atoms with van der Waals surface area (Å²) in [5.41, 5.74) is 0. The van der Waals surface area contributed by atoms with E-state index in [4.69, 9.17) is 5.11 Å². The van der Waals surface area contributed by atoms with E-state index in [9.17, 15) is 4.79 Å². The molecule has 5 heteroatoms. The Morgan fingerprint density at radius 1 is 1.61 bits per heavy atom. The molecule has 1 heterocycles. The summed E-state index contributed by atoms with van der Waals surface area (Å²) in [5, 5.41) is 13.8. The first-order chi connectivity index (χ1) is 8.72. The summed E-state index contributed by atoms with van der Waals surface area (Å²) in [5.74, 6) is 1.86. The summed E-state index contributed by atoms with van der Waals surface area (Å²) in [6.45, 7) is 2.95. The molecular formula is C13H21NO2S2. The molecule has 0 aliphatic rings. The molecule has 0 fully saturated rings. The maximum Gasteiger partial charge on any atom is 0.230 e. The molecule has 3 nitrogen and oxygen atoms in total. The largest absolute Gasteiger partial charge is 0.396 e. The van der Waals surface area contributed by atoms with E-state index in [0.717, 1.165) is 18.6 Å². The zero-order valence-corrected chi connectivity index (χ0v) is 12.4. The van der Waals surface area contributed by atoms with Crippen LogP contribution in [0, 0.1) is 5.92 Å². The van der Waals surface area contributed by atoms with Crippen LogP contribution in [0.3, 0.4) is 0 Å². The topological polar surface area (TPSA) is 49.3 Å². The van der Waals surface area contributed by atoms with Crippen LogP contribution in [0.2, 0.25) is 0 Å². The fraction of sp³-hybridized carbons (Fsp3) is 0.615. The van der Waals surface area contributed by atoms with Crippen molar-refractivity contribution in [1.29, 1.82) is 0 Å². The van der Waals surface area contributed by atoms with E-state index >= 15 is 0 Å². The van der Waals surface area contributed by atoms with Gasteiger partial charge in [-0.25, -0.2) is 0 Å². The second-order valence-corrected chi connectivity index (χ2v) is 6.37. The molecule has 1 unspecified atom stereocenters. The van der Waals surface area contributed by atoms with E-state index in [0.29, 0.717) is 18.2 Å². The Morgan fingerprint density at radius 3 is 3.11 bits per heavy atom. The van der Waals surface area contributed by atoms with Crippen molar-refractivity contribution in [2.24, 2.45) is 5.92 Å². The van der Waals surface area contributed by atoms with E-state index in [-0.39, 0.29) is 12.5 Å². The number of hydrogen-bond acceptors (Lipinski definition) is 4. The minimum absolute atomic E-state index is 0.105. The van der Waals surface area contributed by atoms with Crippen molar-refractivity contribution in [3.63, 3.8) is 0 Å². The number of thiophene rings is 1. The van der Waals surface area contributed by atoms with E-state index < -0.39 is 0 Å². The molecule has 0 saturated carbocycles. The van der Waals surface area contributed by atoms with Crippen LogP contribution >= 0.6 is 23.1 Å². The molecule has 1 rings (SSSR count). The first-order valence-electron chi connectivity index (χ1n) is 6.20. The first kappa shape index (κ1) is 15.5. The van der Waals surface area contributed by atoms with Gasteiger partial charge < -0.3 is 10.4 Å². The van der Waals surface area contributed by atoms with E-state index in [1.165, 1.54) is 4.88 Å². The number of amides is 1. The third kappa shape index (κ3) is 7.03. The van der Waals surface area contributed by atoms with Crippen LogP contribution in [-0.4, -0.2) is 29.9 Å². The Labute approximate surface area is 117 Å². The van der Waals surface area contributed by atoms with Gasteiger partial charge in [0.2, 0.25) is 5.91 Å². The summed E-state index contributed by atoms with van der Waals surface area (Å²) in [7, 11) is 0. The predicted octanol–water partition coefficient (Wildman–Crippen LogP) is 2.51. The highest BCUT2D eigenvalue weighted by Gasteiger charge is 2.03. The van der Waals surface area contributed by atoms with Crippen molar-refractivity contribution in [2.45, 2.75) is 25.5 Å². The van der Waals surface area contributed by atoms with Gasteiger partial charge in [-0.1, -0.05) is 13.0 Å². The van der Waals surface area contributed by atoms with Crippen LogP contribution in [0.5, 0.6) is 0 Å². The number of thioether (sulfide) groups is 1. The molecule has 0 saturated heterocycles. The summed E-state index contributed by atoms with van der Waals surface area (Å²) < 4.78 is 0. The number of aliphatic hydroxyl groups excluding tert-OH is 1. The van der Waals surface area contributed by atoms with Gasteiger partial charge in [0.25, 0.3) is 0 Å². The van der Waals surface area contributed by atoms with Gasteiger partial charge in [-0.2, -0.15) is 0 Å². The number of hydrogen-bond donors (Lipinski definition) is 2. The summed E-state index contributed by atoms with van der Waals surface area (Å²) in [6.07, 6.45) is 1.89. The third-order valence-corrected chi connectivity index (χ3v) is 4.61. The predicted molar refractivity (Wildman–Crippen MR) is 79.0 cm³/mol. The minimum Gasteiger partial charge on any atom is -0.396 e. The average Bonchev–Trinajstić information content (AvgIpc) is 2.87. The SMILES string of the molecule is CC(CO)CCCNC(=O)CSCc1cccs1.